The van der Waals surface area contributed by atoms with Gasteiger partial charge in [-0.1, -0.05) is 0 Å². The standard InChI is InChI=1S/C13H18N2O3/c16-8-1-2-12-13(17)15(7-9-18-12)10-11-3-5-14-6-4-11/h3-6,12,16H,1-2,7-10H2. The molecule has 1 N–H and O–H groups in total. The van der Waals surface area contributed by atoms with E-state index in [1.54, 1.807) is 17.3 Å². The number of ether oxygens (including phenoxy) is 1. The van der Waals surface area contributed by atoms with Gasteiger partial charge in [-0.25, -0.2) is 0 Å². The van der Waals surface area contributed by atoms with Gasteiger partial charge in [0.15, 0.2) is 0 Å². The first-order valence-corrected chi connectivity index (χ1v) is 6.21. The van der Waals surface area contributed by atoms with Crippen LogP contribution in [0.1, 0.15) is 18.4 Å². The molecule has 1 aliphatic heterocycles. The quantitative estimate of drug-likeness (QED) is 0.830. The minimum Gasteiger partial charge on any atom is -0.396 e. The van der Waals surface area contributed by atoms with Crippen LogP contribution in [0.2, 0.25) is 0 Å². The fourth-order valence-electron chi connectivity index (χ4n) is 2.04. The predicted molar refractivity (Wildman–Crippen MR) is 65.7 cm³/mol. The SMILES string of the molecule is O=C1C(CCCO)OCCN1Cc1ccncc1. The van der Waals surface area contributed by atoms with Crippen LogP contribution in [-0.2, 0) is 16.1 Å². The molecule has 1 aromatic rings. The van der Waals surface area contributed by atoms with Gasteiger partial charge in [-0.15, -0.1) is 0 Å². The van der Waals surface area contributed by atoms with E-state index in [2.05, 4.69) is 4.98 Å². The second kappa shape index (κ2) is 6.47. The third-order valence-corrected chi connectivity index (χ3v) is 3.01. The van der Waals surface area contributed by atoms with E-state index < -0.39 is 6.10 Å². The highest BCUT2D eigenvalue weighted by Crippen LogP contribution is 2.14. The van der Waals surface area contributed by atoms with Crippen molar-refractivity contribution in [2.24, 2.45) is 0 Å². The number of nitrogens with zero attached hydrogens (tertiary/aromatic N) is 2. The van der Waals surface area contributed by atoms with Crippen LogP contribution in [0.15, 0.2) is 24.5 Å². The monoisotopic (exact) mass is 250 g/mol. The summed E-state index contributed by atoms with van der Waals surface area (Å²) in [5.41, 5.74) is 1.07. The fourth-order valence-corrected chi connectivity index (χ4v) is 2.04. The molecule has 98 valence electrons. The van der Waals surface area contributed by atoms with Crippen molar-refractivity contribution in [2.75, 3.05) is 19.8 Å². The molecule has 18 heavy (non-hydrogen) atoms. The van der Waals surface area contributed by atoms with Crippen molar-refractivity contribution in [3.63, 3.8) is 0 Å². The lowest BCUT2D eigenvalue weighted by Gasteiger charge is -2.32. The molecule has 0 bridgehead atoms. The van der Waals surface area contributed by atoms with Crippen LogP contribution < -0.4 is 0 Å². The molecule has 0 radical (unpaired) electrons. The van der Waals surface area contributed by atoms with Gasteiger partial charge in [0.1, 0.15) is 6.10 Å². The average Bonchev–Trinajstić information content (AvgIpc) is 2.41. The molecule has 0 saturated carbocycles. The fraction of sp³-hybridized carbons (Fsp3) is 0.538. The Morgan fingerprint density at radius 3 is 2.94 bits per heavy atom. The first-order valence-electron chi connectivity index (χ1n) is 6.21. The summed E-state index contributed by atoms with van der Waals surface area (Å²) in [4.78, 5) is 17.9. The molecule has 2 heterocycles. The number of aliphatic hydroxyl groups is 1. The number of hydrogen-bond acceptors (Lipinski definition) is 4. The lowest BCUT2D eigenvalue weighted by atomic mass is 10.1. The van der Waals surface area contributed by atoms with Crippen molar-refractivity contribution in [3.05, 3.63) is 30.1 Å². The Hall–Kier alpha value is -1.46. The maximum atomic E-state index is 12.1. The van der Waals surface area contributed by atoms with Gasteiger partial charge >= 0.3 is 0 Å². The minimum atomic E-state index is -0.396. The van der Waals surface area contributed by atoms with Crippen LogP contribution >= 0.6 is 0 Å². The van der Waals surface area contributed by atoms with Crippen molar-refractivity contribution in [2.45, 2.75) is 25.5 Å². The third-order valence-electron chi connectivity index (χ3n) is 3.01. The van der Waals surface area contributed by atoms with Gasteiger partial charge in [-0.3, -0.25) is 9.78 Å². The second-order valence-electron chi connectivity index (χ2n) is 4.34. The van der Waals surface area contributed by atoms with Crippen LogP contribution in [0.4, 0.5) is 0 Å². The summed E-state index contributed by atoms with van der Waals surface area (Å²) < 4.78 is 5.45. The second-order valence-corrected chi connectivity index (χ2v) is 4.34. The molecule has 5 nitrogen and oxygen atoms in total. The number of aromatic nitrogens is 1. The molecule has 0 spiro atoms. The summed E-state index contributed by atoms with van der Waals surface area (Å²) in [6.45, 7) is 1.88. The number of amides is 1. The topological polar surface area (TPSA) is 62.7 Å². The Bertz CT molecular complexity index is 383. The van der Waals surface area contributed by atoms with E-state index in [0.717, 1.165) is 5.56 Å². The normalized spacial score (nSPS) is 20.2. The number of rotatable bonds is 5. The van der Waals surface area contributed by atoms with E-state index in [9.17, 15) is 4.79 Å². The number of carbonyl (C=O) groups is 1. The molecule has 2 rings (SSSR count). The molecule has 5 heteroatoms. The number of hydrogen-bond donors (Lipinski definition) is 1. The van der Waals surface area contributed by atoms with E-state index in [1.165, 1.54) is 0 Å². The highest BCUT2D eigenvalue weighted by molar-refractivity contribution is 5.81. The summed E-state index contributed by atoms with van der Waals surface area (Å²) in [6, 6.07) is 3.82. The summed E-state index contributed by atoms with van der Waals surface area (Å²) >= 11 is 0. The summed E-state index contributed by atoms with van der Waals surface area (Å²) in [5.74, 6) is 0.0199. The summed E-state index contributed by atoms with van der Waals surface area (Å²) in [5, 5.41) is 8.80. The predicted octanol–water partition coefficient (Wildman–Crippen LogP) is 0.581. The highest BCUT2D eigenvalue weighted by Gasteiger charge is 2.28. The van der Waals surface area contributed by atoms with Crippen molar-refractivity contribution in [1.29, 1.82) is 0 Å². The maximum Gasteiger partial charge on any atom is 0.252 e. The zero-order valence-corrected chi connectivity index (χ0v) is 10.3. The van der Waals surface area contributed by atoms with Gasteiger partial charge in [0.25, 0.3) is 5.91 Å². The molecule has 1 unspecified atom stereocenters. The van der Waals surface area contributed by atoms with E-state index in [0.29, 0.717) is 32.5 Å². The van der Waals surface area contributed by atoms with Crippen LogP contribution in [0.3, 0.4) is 0 Å². The van der Waals surface area contributed by atoms with E-state index in [1.807, 2.05) is 12.1 Å². The molecular formula is C13H18N2O3. The number of carbonyl (C=O) groups excluding carboxylic acids is 1. The number of aliphatic hydroxyl groups excluding tert-OH is 1. The van der Waals surface area contributed by atoms with Crippen molar-refractivity contribution >= 4 is 5.91 Å². The van der Waals surface area contributed by atoms with Crippen LogP contribution in [-0.4, -0.2) is 46.8 Å². The Balaban J connectivity index is 1.94. The largest absolute Gasteiger partial charge is 0.396 e. The van der Waals surface area contributed by atoms with Gasteiger partial charge in [-0.05, 0) is 30.5 Å². The van der Waals surface area contributed by atoms with Crippen molar-refractivity contribution in [1.82, 2.24) is 9.88 Å². The Kier molecular flexibility index (Phi) is 4.66. The van der Waals surface area contributed by atoms with Gasteiger partial charge in [0.2, 0.25) is 0 Å². The van der Waals surface area contributed by atoms with E-state index >= 15 is 0 Å². The Morgan fingerprint density at radius 2 is 2.22 bits per heavy atom. The average molecular weight is 250 g/mol. The molecule has 1 atom stereocenters. The van der Waals surface area contributed by atoms with Gasteiger partial charge in [0.05, 0.1) is 6.61 Å². The molecule has 1 aromatic heterocycles. The zero-order chi connectivity index (χ0) is 12.8. The van der Waals surface area contributed by atoms with E-state index in [-0.39, 0.29) is 12.5 Å². The highest BCUT2D eigenvalue weighted by atomic mass is 16.5. The lowest BCUT2D eigenvalue weighted by Crippen LogP contribution is -2.47. The maximum absolute atomic E-state index is 12.1. The summed E-state index contributed by atoms with van der Waals surface area (Å²) in [6.07, 6.45) is 4.24. The van der Waals surface area contributed by atoms with E-state index in [4.69, 9.17) is 9.84 Å². The van der Waals surface area contributed by atoms with Crippen LogP contribution in [0.5, 0.6) is 0 Å². The molecular weight excluding hydrogens is 232 g/mol. The molecule has 0 aromatic carbocycles. The molecule has 1 aliphatic rings. The summed E-state index contributed by atoms with van der Waals surface area (Å²) in [7, 11) is 0. The molecule has 0 aliphatic carbocycles. The Labute approximate surface area is 106 Å². The first-order chi connectivity index (χ1) is 8.81. The smallest absolute Gasteiger partial charge is 0.252 e. The van der Waals surface area contributed by atoms with Crippen molar-refractivity contribution < 1.29 is 14.6 Å². The third kappa shape index (κ3) is 3.27. The van der Waals surface area contributed by atoms with Gasteiger partial charge < -0.3 is 14.7 Å². The van der Waals surface area contributed by atoms with Gasteiger partial charge in [0, 0.05) is 32.1 Å². The Morgan fingerprint density at radius 1 is 1.44 bits per heavy atom. The molecule has 1 amide bonds. The number of pyridine rings is 1. The number of morpholine rings is 1. The van der Waals surface area contributed by atoms with Crippen LogP contribution in [0, 0.1) is 0 Å². The first kappa shape index (κ1) is 13.0. The lowest BCUT2D eigenvalue weighted by molar-refractivity contribution is -0.154. The molecule has 1 saturated heterocycles. The van der Waals surface area contributed by atoms with Crippen molar-refractivity contribution in [3.8, 4) is 0 Å². The van der Waals surface area contributed by atoms with Crippen LogP contribution in [0.25, 0.3) is 0 Å². The zero-order valence-electron chi connectivity index (χ0n) is 10.3. The van der Waals surface area contributed by atoms with Gasteiger partial charge in [-0.2, -0.15) is 0 Å². The minimum absolute atomic E-state index is 0.0199. The molecule has 1 fully saturated rings.